The van der Waals surface area contributed by atoms with Crippen molar-refractivity contribution in [2.75, 3.05) is 59.0 Å². The van der Waals surface area contributed by atoms with Crippen LogP contribution in [-0.2, 0) is 9.53 Å². The number of amides is 2. The van der Waals surface area contributed by atoms with Crippen LogP contribution in [0.2, 0.25) is 0 Å². The summed E-state index contributed by atoms with van der Waals surface area (Å²) in [4.78, 5) is 37.7. The molecule has 28 heavy (non-hydrogen) atoms. The van der Waals surface area contributed by atoms with Gasteiger partial charge in [-0.1, -0.05) is 11.8 Å². The molecule has 9 heteroatoms. The van der Waals surface area contributed by atoms with Gasteiger partial charge in [0.15, 0.2) is 5.17 Å². The number of carbonyl (C=O) groups is 2. The van der Waals surface area contributed by atoms with E-state index < -0.39 is 0 Å². The van der Waals surface area contributed by atoms with Crippen molar-refractivity contribution >= 4 is 28.9 Å². The molecule has 0 bridgehead atoms. The molecule has 154 valence electrons. The van der Waals surface area contributed by atoms with Crippen LogP contribution in [0.1, 0.15) is 26.2 Å². The summed E-state index contributed by atoms with van der Waals surface area (Å²) in [7, 11) is 0. The fraction of sp³-hybridized carbons (Fsp3) is 0.737. The van der Waals surface area contributed by atoms with E-state index in [-0.39, 0.29) is 12.0 Å². The molecule has 2 fully saturated rings. The van der Waals surface area contributed by atoms with Gasteiger partial charge in [-0.05, 0) is 25.2 Å². The molecule has 8 nitrogen and oxygen atoms in total. The third kappa shape index (κ3) is 4.15. The number of nitrogens with zero attached hydrogens (tertiary/aromatic N) is 5. The third-order valence-corrected chi connectivity index (χ3v) is 6.84. The van der Waals surface area contributed by atoms with E-state index in [9.17, 15) is 9.59 Å². The molecule has 0 aliphatic carbocycles. The van der Waals surface area contributed by atoms with Crippen LogP contribution in [0.3, 0.4) is 0 Å². The number of likely N-dealkylation sites (tertiary alicyclic amines) is 1. The van der Waals surface area contributed by atoms with E-state index in [2.05, 4.69) is 20.2 Å². The van der Waals surface area contributed by atoms with Crippen molar-refractivity contribution in [1.29, 1.82) is 0 Å². The van der Waals surface area contributed by atoms with Gasteiger partial charge in [0.1, 0.15) is 0 Å². The highest BCUT2D eigenvalue weighted by molar-refractivity contribution is 8.16. The molecule has 0 unspecified atom stereocenters. The van der Waals surface area contributed by atoms with Crippen molar-refractivity contribution < 1.29 is 14.3 Å². The van der Waals surface area contributed by atoms with Crippen LogP contribution in [-0.4, -0.2) is 102 Å². The van der Waals surface area contributed by atoms with Gasteiger partial charge in [-0.3, -0.25) is 14.7 Å². The molecule has 4 aliphatic rings. The standard InChI is InChI=1S/C19H29N5O3S/c1-2-27-19(26)22-10-8-21(9-11-22)15-4-3-6-23(13-15)17(25)12-16-14-28-18-20-5-7-24(16)18/h14-15H,2-13H2,1H3/t15-/m1/s1. The van der Waals surface area contributed by atoms with E-state index in [4.69, 9.17) is 4.74 Å². The normalized spacial score (nSPS) is 25.5. The molecule has 0 aromatic carbocycles. The lowest BCUT2D eigenvalue weighted by molar-refractivity contribution is -0.133. The van der Waals surface area contributed by atoms with Crippen molar-refractivity contribution in [1.82, 2.24) is 19.6 Å². The van der Waals surface area contributed by atoms with Crippen LogP contribution in [0.15, 0.2) is 16.1 Å². The van der Waals surface area contributed by atoms with Crippen molar-refractivity contribution in [3.63, 3.8) is 0 Å². The van der Waals surface area contributed by atoms with Gasteiger partial charge in [-0.2, -0.15) is 0 Å². The van der Waals surface area contributed by atoms with Crippen molar-refractivity contribution in [2.24, 2.45) is 4.99 Å². The number of ether oxygens (including phenoxy) is 1. The summed E-state index contributed by atoms with van der Waals surface area (Å²) >= 11 is 1.63. The predicted octanol–water partition coefficient (Wildman–Crippen LogP) is 1.40. The number of piperidine rings is 1. The number of aliphatic imine (C=N–C) groups is 1. The van der Waals surface area contributed by atoms with E-state index in [0.717, 1.165) is 63.0 Å². The lowest BCUT2D eigenvalue weighted by Crippen LogP contribution is -2.56. The third-order valence-electron chi connectivity index (χ3n) is 5.89. The van der Waals surface area contributed by atoms with E-state index in [1.54, 1.807) is 16.7 Å². The first-order valence-electron chi connectivity index (χ1n) is 10.3. The maximum absolute atomic E-state index is 12.9. The summed E-state index contributed by atoms with van der Waals surface area (Å²) in [5, 5.41) is 3.12. The summed E-state index contributed by atoms with van der Waals surface area (Å²) in [6.45, 7) is 8.71. The Morgan fingerprint density at radius 1 is 1.18 bits per heavy atom. The zero-order valence-corrected chi connectivity index (χ0v) is 17.3. The van der Waals surface area contributed by atoms with Gasteiger partial charge in [0.2, 0.25) is 5.91 Å². The average molecular weight is 408 g/mol. The topological polar surface area (TPSA) is 68.7 Å². The Morgan fingerprint density at radius 2 is 2.00 bits per heavy atom. The molecule has 4 heterocycles. The summed E-state index contributed by atoms with van der Waals surface area (Å²) in [6.07, 6.45) is 2.41. The summed E-state index contributed by atoms with van der Waals surface area (Å²) < 4.78 is 5.10. The zero-order valence-electron chi connectivity index (χ0n) is 16.5. The predicted molar refractivity (Wildman–Crippen MR) is 109 cm³/mol. The fourth-order valence-corrected chi connectivity index (χ4v) is 5.30. The molecule has 2 saturated heterocycles. The molecule has 0 radical (unpaired) electrons. The number of hydrogen-bond donors (Lipinski definition) is 0. The number of fused-ring (bicyclic) bond motifs is 1. The number of carbonyl (C=O) groups excluding carboxylic acids is 2. The summed E-state index contributed by atoms with van der Waals surface area (Å²) in [5.41, 5.74) is 1.09. The van der Waals surface area contributed by atoms with Crippen LogP contribution in [0.25, 0.3) is 0 Å². The van der Waals surface area contributed by atoms with Gasteiger partial charge in [0.05, 0.1) is 19.6 Å². The monoisotopic (exact) mass is 407 g/mol. The molecule has 0 aromatic heterocycles. The Balaban J connectivity index is 1.27. The quantitative estimate of drug-likeness (QED) is 0.702. The van der Waals surface area contributed by atoms with Crippen LogP contribution in [0, 0.1) is 0 Å². The number of piperazine rings is 1. The number of thioether (sulfide) groups is 1. The molecule has 0 spiro atoms. The van der Waals surface area contributed by atoms with Crippen LogP contribution >= 0.6 is 11.8 Å². The lowest BCUT2D eigenvalue weighted by atomic mass is 10.0. The van der Waals surface area contributed by atoms with E-state index in [0.29, 0.717) is 32.2 Å². The van der Waals surface area contributed by atoms with Crippen molar-refractivity contribution in [3.8, 4) is 0 Å². The zero-order chi connectivity index (χ0) is 19.5. The number of rotatable bonds is 4. The molecule has 0 aromatic rings. The first kappa shape index (κ1) is 19.6. The SMILES string of the molecule is CCOC(=O)N1CCN([C@@H]2CCCN(C(=O)CC3=CSC4=NCCN34)C2)CC1. The highest BCUT2D eigenvalue weighted by Gasteiger charge is 2.33. The molecule has 4 aliphatic heterocycles. The lowest BCUT2D eigenvalue weighted by Gasteiger charge is -2.43. The van der Waals surface area contributed by atoms with Crippen LogP contribution in [0.5, 0.6) is 0 Å². The molecular formula is C19H29N5O3S. The minimum absolute atomic E-state index is 0.213. The Labute approximate surface area is 170 Å². The molecule has 4 rings (SSSR count). The van der Waals surface area contributed by atoms with Crippen molar-refractivity contribution in [2.45, 2.75) is 32.2 Å². The Hall–Kier alpha value is -1.74. The van der Waals surface area contributed by atoms with Gasteiger partial charge >= 0.3 is 6.09 Å². The Morgan fingerprint density at radius 3 is 2.79 bits per heavy atom. The molecule has 1 atom stereocenters. The maximum Gasteiger partial charge on any atom is 0.409 e. The minimum atomic E-state index is -0.213. The smallest absolute Gasteiger partial charge is 0.409 e. The molecular weight excluding hydrogens is 378 g/mol. The van der Waals surface area contributed by atoms with Gasteiger partial charge in [-0.15, -0.1) is 0 Å². The Kier molecular flexibility index (Phi) is 6.10. The largest absolute Gasteiger partial charge is 0.450 e. The number of amidine groups is 1. The van der Waals surface area contributed by atoms with E-state index in [1.807, 2.05) is 11.8 Å². The maximum atomic E-state index is 12.9. The Bertz CT molecular complexity index is 674. The van der Waals surface area contributed by atoms with Crippen LogP contribution < -0.4 is 0 Å². The highest BCUT2D eigenvalue weighted by atomic mass is 32.2. The highest BCUT2D eigenvalue weighted by Crippen LogP contribution is 2.31. The second kappa shape index (κ2) is 8.73. The van der Waals surface area contributed by atoms with Crippen LogP contribution in [0.4, 0.5) is 4.79 Å². The van der Waals surface area contributed by atoms with Gasteiger partial charge in [-0.25, -0.2) is 4.79 Å². The molecule has 0 N–H and O–H groups in total. The molecule has 2 amide bonds. The first-order chi connectivity index (χ1) is 13.7. The fourth-order valence-electron chi connectivity index (χ4n) is 4.35. The summed E-state index contributed by atoms with van der Waals surface area (Å²) in [6, 6.07) is 0.387. The van der Waals surface area contributed by atoms with Gasteiger partial charge < -0.3 is 19.4 Å². The first-order valence-corrected chi connectivity index (χ1v) is 11.1. The van der Waals surface area contributed by atoms with Crippen molar-refractivity contribution in [3.05, 3.63) is 11.1 Å². The molecule has 0 saturated carbocycles. The minimum Gasteiger partial charge on any atom is -0.450 e. The summed E-state index contributed by atoms with van der Waals surface area (Å²) in [5.74, 6) is 0.217. The van der Waals surface area contributed by atoms with E-state index in [1.165, 1.54) is 0 Å². The van der Waals surface area contributed by atoms with Gasteiger partial charge in [0.25, 0.3) is 0 Å². The number of hydrogen-bond acceptors (Lipinski definition) is 7. The second-order valence-corrected chi connectivity index (χ2v) is 8.41. The van der Waals surface area contributed by atoms with E-state index >= 15 is 0 Å². The average Bonchev–Trinajstić information content (AvgIpc) is 3.33. The van der Waals surface area contributed by atoms with Gasteiger partial charge in [0, 0.05) is 57.6 Å². The second-order valence-electron chi connectivity index (χ2n) is 7.58.